The minimum atomic E-state index is -0.767. The zero-order valence-corrected chi connectivity index (χ0v) is 51.0. The van der Waals surface area contributed by atoms with Crippen LogP contribution in [-0.2, 0) is 28.6 Å². The molecule has 0 aromatic rings. The van der Waals surface area contributed by atoms with Crippen molar-refractivity contribution in [2.24, 2.45) is 0 Å². The Kier molecular flexibility index (Phi) is 62.6. The molecule has 0 saturated carbocycles. The van der Waals surface area contributed by atoms with E-state index in [1.165, 1.54) is 231 Å². The van der Waals surface area contributed by atoms with Crippen LogP contribution >= 0.6 is 0 Å². The second-order valence-electron chi connectivity index (χ2n) is 22.7. The highest BCUT2D eigenvalue weighted by Crippen LogP contribution is 2.18. The molecular weight excluding hydrogens is 937 g/mol. The van der Waals surface area contributed by atoms with E-state index >= 15 is 0 Å². The van der Waals surface area contributed by atoms with Crippen molar-refractivity contribution in [3.05, 3.63) is 48.6 Å². The van der Waals surface area contributed by atoms with Gasteiger partial charge in [-0.3, -0.25) is 14.4 Å². The molecule has 0 spiro atoms. The lowest BCUT2D eigenvalue weighted by Gasteiger charge is -2.18. The molecule has 0 radical (unpaired) electrons. The Hall–Kier alpha value is -2.63. The predicted octanol–water partition coefficient (Wildman–Crippen LogP) is 22.9. The summed E-state index contributed by atoms with van der Waals surface area (Å²) < 4.78 is 16.8. The molecule has 76 heavy (non-hydrogen) atoms. The second-order valence-corrected chi connectivity index (χ2v) is 22.7. The van der Waals surface area contributed by atoms with Crippen LogP contribution in [0.1, 0.15) is 361 Å². The fourth-order valence-corrected chi connectivity index (χ4v) is 10.1. The van der Waals surface area contributed by atoms with E-state index < -0.39 is 6.10 Å². The smallest absolute Gasteiger partial charge is 0.306 e. The van der Waals surface area contributed by atoms with Crippen LogP contribution in [0.25, 0.3) is 0 Å². The molecule has 0 aromatic carbocycles. The third kappa shape index (κ3) is 62.2. The average molecular weight is 1070 g/mol. The molecule has 0 saturated heterocycles. The molecule has 0 aliphatic heterocycles. The van der Waals surface area contributed by atoms with Crippen LogP contribution in [0.15, 0.2) is 48.6 Å². The molecule has 444 valence electrons. The number of carbonyl (C=O) groups excluding carboxylic acids is 3. The summed E-state index contributed by atoms with van der Waals surface area (Å²) in [6, 6.07) is 0. The summed E-state index contributed by atoms with van der Waals surface area (Å²) in [6.07, 6.45) is 81.9. The van der Waals surface area contributed by atoms with E-state index in [9.17, 15) is 14.4 Å². The van der Waals surface area contributed by atoms with Crippen LogP contribution < -0.4 is 0 Å². The molecule has 6 heteroatoms. The third-order valence-corrected chi connectivity index (χ3v) is 15.1. The highest BCUT2D eigenvalue weighted by Gasteiger charge is 2.19. The molecule has 0 N–H and O–H groups in total. The van der Waals surface area contributed by atoms with E-state index in [0.29, 0.717) is 19.3 Å². The van der Waals surface area contributed by atoms with Gasteiger partial charge in [-0.05, 0) is 57.8 Å². The maximum atomic E-state index is 12.8. The predicted molar refractivity (Wildman–Crippen MR) is 330 cm³/mol. The van der Waals surface area contributed by atoms with E-state index in [1.807, 2.05) is 0 Å². The molecular formula is C70H128O6. The van der Waals surface area contributed by atoms with Crippen molar-refractivity contribution in [3.8, 4) is 0 Å². The number of unbranched alkanes of at least 4 members (excludes halogenated alkanes) is 43. The van der Waals surface area contributed by atoms with Gasteiger partial charge in [-0.2, -0.15) is 0 Å². The summed E-state index contributed by atoms with van der Waals surface area (Å²) in [6.45, 7) is 6.50. The number of rotatable bonds is 62. The van der Waals surface area contributed by atoms with Gasteiger partial charge in [0.15, 0.2) is 6.10 Å². The Labute approximate surface area is 473 Å². The summed E-state index contributed by atoms with van der Waals surface area (Å²) >= 11 is 0. The highest BCUT2D eigenvalue weighted by molar-refractivity contribution is 5.71. The summed E-state index contributed by atoms with van der Waals surface area (Å²) in [7, 11) is 0. The van der Waals surface area contributed by atoms with Crippen LogP contribution in [0.5, 0.6) is 0 Å². The van der Waals surface area contributed by atoms with Crippen LogP contribution in [0.4, 0.5) is 0 Å². The van der Waals surface area contributed by atoms with Crippen molar-refractivity contribution >= 4 is 17.9 Å². The number of hydrogen-bond donors (Lipinski definition) is 0. The molecule has 0 rings (SSSR count). The SMILES string of the molecule is CC/C=C\C/C=C\C/C=C\C/C=C\CCCCCCCCCCCCCCCCC(=O)OCC(COC(=O)CCCCCCC)OC(=O)CCCCCCCCCCCCCCCCCCCCCCCCCCCC. The van der Waals surface area contributed by atoms with Gasteiger partial charge < -0.3 is 14.2 Å². The van der Waals surface area contributed by atoms with Crippen LogP contribution in [0.3, 0.4) is 0 Å². The molecule has 0 amide bonds. The summed E-state index contributed by atoms with van der Waals surface area (Å²) in [5, 5.41) is 0. The van der Waals surface area contributed by atoms with E-state index in [0.717, 1.165) is 89.9 Å². The van der Waals surface area contributed by atoms with Gasteiger partial charge in [0.05, 0.1) is 0 Å². The van der Waals surface area contributed by atoms with Gasteiger partial charge in [0.1, 0.15) is 13.2 Å². The van der Waals surface area contributed by atoms with Gasteiger partial charge in [-0.25, -0.2) is 0 Å². The van der Waals surface area contributed by atoms with Gasteiger partial charge in [-0.15, -0.1) is 0 Å². The number of carbonyl (C=O) groups is 3. The van der Waals surface area contributed by atoms with Crippen LogP contribution in [-0.4, -0.2) is 37.2 Å². The fraction of sp³-hybridized carbons (Fsp3) is 0.843. The van der Waals surface area contributed by atoms with Crippen molar-refractivity contribution in [1.82, 2.24) is 0 Å². The van der Waals surface area contributed by atoms with Crippen molar-refractivity contribution in [2.45, 2.75) is 367 Å². The molecule has 1 unspecified atom stereocenters. The normalized spacial score (nSPS) is 12.3. The van der Waals surface area contributed by atoms with Crippen molar-refractivity contribution in [1.29, 1.82) is 0 Å². The first-order valence-electron chi connectivity index (χ1n) is 33.6. The standard InChI is InChI=1S/C70H128O6/c1-4-7-10-13-15-17-19-21-23-25-27-29-31-33-35-37-38-40-42-44-46-48-50-52-54-57-60-63-69(72)75-66-67(65-74-68(71)62-59-56-12-9-6-3)76-70(73)64-61-58-55-53-51-49-47-45-43-41-39-36-34-32-30-28-26-24-22-20-18-16-14-11-8-5-2/h7,10,15,17,21,23,27,29,67H,4-6,8-9,11-14,16,18-20,22,24-26,28,30-66H2,1-3H3/b10-7-,17-15-,23-21-,29-27-. The molecule has 1 atom stereocenters. The summed E-state index contributed by atoms with van der Waals surface area (Å²) in [5.41, 5.74) is 0. The first kappa shape index (κ1) is 73.4. The molecule has 0 aliphatic rings. The number of ether oxygens (including phenoxy) is 3. The molecule has 0 aliphatic carbocycles. The first-order valence-corrected chi connectivity index (χ1v) is 33.6. The van der Waals surface area contributed by atoms with E-state index in [1.54, 1.807) is 0 Å². The first-order chi connectivity index (χ1) is 37.5. The fourth-order valence-electron chi connectivity index (χ4n) is 10.1. The maximum Gasteiger partial charge on any atom is 0.306 e. The molecule has 6 nitrogen and oxygen atoms in total. The lowest BCUT2D eigenvalue weighted by atomic mass is 10.0. The zero-order valence-electron chi connectivity index (χ0n) is 51.0. The quantitative estimate of drug-likeness (QED) is 0.0261. The Morgan fingerprint density at radius 1 is 0.276 bits per heavy atom. The van der Waals surface area contributed by atoms with Gasteiger partial charge in [0.2, 0.25) is 0 Å². The third-order valence-electron chi connectivity index (χ3n) is 15.1. The van der Waals surface area contributed by atoms with Crippen LogP contribution in [0.2, 0.25) is 0 Å². The van der Waals surface area contributed by atoms with Gasteiger partial charge in [-0.1, -0.05) is 333 Å². The van der Waals surface area contributed by atoms with Crippen molar-refractivity contribution < 1.29 is 28.6 Å². The summed E-state index contributed by atoms with van der Waals surface area (Å²) in [5.74, 6) is -0.861. The Balaban J connectivity index is 3.96. The van der Waals surface area contributed by atoms with Crippen molar-refractivity contribution in [2.75, 3.05) is 13.2 Å². The van der Waals surface area contributed by atoms with E-state index in [2.05, 4.69) is 69.4 Å². The Bertz CT molecular complexity index is 1310. The number of hydrogen-bond acceptors (Lipinski definition) is 6. The molecule has 0 heterocycles. The lowest BCUT2D eigenvalue weighted by Crippen LogP contribution is -2.30. The summed E-state index contributed by atoms with van der Waals surface area (Å²) in [4.78, 5) is 38.0. The van der Waals surface area contributed by atoms with Crippen molar-refractivity contribution in [3.63, 3.8) is 0 Å². The Morgan fingerprint density at radius 3 is 0.803 bits per heavy atom. The molecule has 0 aromatic heterocycles. The van der Waals surface area contributed by atoms with Gasteiger partial charge in [0.25, 0.3) is 0 Å². The zero-order chi connectivity index (χ0) is 55.0. The maximum absolute atomic E-state index is 12.8. The van der Waals surface area contributed by atoms with Gasteiger partial charge in [0, 0.05) is 19.3 Å². The second kappa shape index (κ2) is 64.9. The lowest BCUT2D eigenvalue weighted by molar-refractivity contribution is -0.167. The Morgan fingerprint density at radius 2 is 0.513 bits per heavy atom. The van der Waals surface area contributed by atoms with E-state index in [4.69, 9.17) is 14.2 Å². The topological polar surface area (TPSA) is 78.9 Å². The number of esters is 3. The monoisotopic (exact) mass is 1060 g/mol. The minimum absolute atomic E-state index is 0.0689. The minimum Gasteiger partial charge on any atom is -0.462 e. The largest absolute Gasteiger partial charge is 0.462 e. The molecule has 0 fully saturated rings. The highest BCUT2D eigenvalue weighted by atomic mass is 16.6. The molecule has 0 bridgehead atoms. The van der Waals surface area contributed by atoms with Crippen LogP contribution in [0, 0.1) is 0 Å². The van der Waals surface area contributed by atoms with Gasteiger partial charge >= 0.3 is 17.9 Å². The van der Waals surface area contributed by atoms with E-state index in [-0.39, 0.29) is 31.1 Å². The number of allylic oxidation sites excluding steroid dienone is 8. The average Bonchev–Trinajstić information content (AvgIpc) is 3.42.